The number of aliphatic hydroxyl groups is 1. The predicted molar refractivity (Wildman–Crippen MR) is 165 cm³/mol. The van der Waals surface area contributed by atoms with Gasteiger partial charge in [0.2, 0.25) is 5.60 Å². The number of nitrogens with zero attached hydrogens (tertiary/aromatic N) is 1. The van der Waals surface area contributed by atoms with Crippen LogP contribution in [0.3, 0.4) is 0 Å². The minimum absolute atomic E-state index is 0.227. The predicted octanol–water partition coefficient (Wildman–Crippen LogP) is 2.86. The molecule has 44 heavy (non-hydrogen) atoms. The molecular formula is C33H41N3O8. The van der Waals surface area contributed by atoms with E-state index in [2.05, 4.69) is 34.5 Å². The molecule has 3 aromatic carbocycles. The van der Waals surface area contributed by atoms with E-state index in [0.29, 0.717) is 30.6 Å². The molecular weight excluding hydrogens is 566 g/mol. The van der Waals surface area contributed by atoms with Crippen LogP contribution >= 0.6 is 0 Å². The van der Waals surface area contributed by atoms with E-state index in [1.165, 1.54) is 5.56 Å². The molecule has 3 aromatic rings. The van der Waals surface area contributed by atoms with Crippen LogP contribution in [0.25, 0.3) is 0 Å². The van der Waals surface area contributed by atoms with Gasteiger partial charge in [0.15, 0.2) is 0 Å². The molecule has 6 N–H and O–H groups in total. The summed E-state index contributed by atoms with van der Waals surface area (Å²) in [5.41, 5.74) is 5.80. The summed E-state index contributed by atoms with van der Waals surface area (Å²) >= 11 is 0. The Morgan fingerprint density at radius 3 is 2.07 bits per heavy atom. The van der Waals surface area contributed by atoms with E-state index >= 15 is 0 Å². The van der Waals surface area contributed by atoms with Crippen LogP contribution in [0.5, 0.6) is 0 Å². The maximum atomic E-state index is 13.5. The highest BCUT2D eigenvalue weighted by Crippen LogP contribution is 2.32. The first-order chi connectivity index (χ1) is 21.3. The number of nitrogens with two attached hydrogens (primary N) is 1. The van der Waals surface area contributed by atoms with Gasteiger partial charge in [-0.25, -0.2) is 4.79 Å². The molecule has 0 spiro atoms. The molecule has 236 valence electrons. The molecule has 1 unspecified atom stereocenters. The Kier molecular flexibility index (Phi) is 15.8. The summed E-state index contributed by atoms with van der Waals surface area (Å²) < 4.78 is 5.77. The molecule has 1 saturated heterocycles. The minimum Gasteiger partial charge on any atom is -0.483 e. The van der Waals surface area contributed by atoms with Crippen LogP contribution in [0.15, 0.2) is 84.9 Å². The molecule has 0 bridgehead atoms. The molecule has 1 aliphatic heterocycles. The molecule has 1 aliphatic rings. The Morgan fingerprint density at radius 1 is 0.909 bits per heavy atom. The third-order valence-corrected chi connectivity index (χ3v) is 7.10. The zero-order chi connectivity index (χ0) is 32.2. The zero-order valence-corrected chi connectivity index (χ0v) is 24.6. The van der Waals surface area contributed by atoms with Crippen LogP contribution < -0.4 is 11.1 Å². The fourth-order valence-electron chi connectivity index (χ4n) is 4.82. The van der Waals surface area contributed by atoms with Crippen molar-refractivity contribution < 1.29 is 39.2 Å². The second kappa shape index (κ2) is 19.6. The van der Waals surface area contributed by atoms with Crippen LogP contribution in [0.4, 0.5) is 0 Å². The van der Waals surface area contributed by atoms with Gasteiger partial charge in [-0.05, 0) is 68.1 Å². The number of ether oxygens (including phenoxy) is 1. The van der Waals surface area contributed by atoms with Crippen LogP contribution in [-0.4, -0.2) is 77.8 Å². The number of amides is 1. The van der Waals surface area contributed by atoms with Crippen LogP contribution in [0.1, 0.15) is 46.3 Å². The summed E-state index contributed by atoms with van der Waals surface area (Å²) in [6, 6.07) is 25.6. The SMILES string of the molecule is NCCCNC(=O)c1cccc(C(O)(C(=O)OCC2CCN(Cc3ccccc3)CC2)c2ccccc2)c1.O=CO.O=CO. The minimum atomic E-state index is -2.04. The molecule has 0 aromatic heterocycles. The number of hydrogen-bond donors (Lipinski definition) is 5. The fraction of sp³-hybridized carbons (Fsp3) is 0.333. The van der Waals surface area contributed by atoms with Gasteiger partial charge in [0.1, 0.15) is 0 Å². The van der Waals surface area contributed by atoms with E-state index < -0.39 is 11.6 Å². The van der Waals surface area contributed by atoms with Gasteiger partial charge in [-0.15, -0.1) is 0 Å². The number of esters is 1. The molecule has 1 heterocycles. The number of carboxylic acid groups (broad SMARTS) is 2. The van der Waals surface area contributed by atoms with Crippen LogP contribution in [0, 0.1) is 5.92 Å². The lowest BCUT2D eigenvalue weighted by Crippen LogP contribution is -2.41. The van der Waals surface area contributed by atoms with Gasteiger partial charge < -0.3 is 31.1 Å². The summed E-state index contributed by atoms with van der Waals surface area (Å²) in [6.45, 7) is 3.45. The van der Waals surface area contributed by atoms with Gasteiger partial charge in [0, 0.05) is 24.2 Å². The van der Waals surface area contributed by atoms with Crippen LogP contribution in [-0.2, 0) is 31.3 Å². The summed E-state index contributed by atoms with van der Waals surface area (Å²) in [4.78, 5) is 45.3. The first-order valence-corrected chi connectivity index (χ1v) is 14.3. The lowest BCUT2D eigenvalue weighted by Gasteiger charge is -2.33. The number of nitrogens with one attached hydrogen (secondary N) is 1. The lowest BCUT2D eigenvalue weighted by molar-refractivity contribution is -0.164. The van der Waals surface area contributed by atoms with Crippen molar-refractivity contribution in [1.82, 2.24) is 10.2 Å². The van der Waals surface area contributed by atoms with Gasteiger partial charge >= 0.3 is 5.97 Å². The molecule has 0 aliphatic carbocycles. The molecule has 11 heteroatoms. The molecule has 1 amide bonds. The summed E-state index contributed by atoms with van der Waals surface area (Å²) in [5.74, 6) is -0.798. The van der Waals surface area contributed by atoms with Gasteiger partial charge in [-0.1, -0.05) is 72.8 Å². The summed E-state index contributed by atoms with van der Waals surface area (Å²) in [7, 11) is 0. The van der Waals surface area contributed by atoms with E-state index in [0.717, 1.165) is 32.5 Å². The molecule has 11 nitrogen and oxygen atoms in total. The Labute approximate surface area is 257 Å². The topological polar surface area (TPSA) is 179 Å². The maximum Gasteiger partial charge on any atom is 0.347 e. The highest BCUT2D eigenvalue weighted by Gasteiger charge is 2.42. The number of piperidine rings is 1. The number of hydrogen-bond acceptors (Lipinski definition) is 8. The van der Waals surface area contributed by atoms with Crippen molar-refractivity contribution in [3.8, 4) is 0 Å². The average molecular weight is 608 g/mol. The van der Waals surface area contributed by atoms with Crippen molar-refractivity contribution >= 4 is 24.8 Å². The largest absolute Gasteiger partial charge is 0.483 e. The fourth-order valence-corrected chi connectivity index (χ4v) is 4.82. The number of carbonyl (C=O) groups excluding carboxylic acids is 2. The van der Waals surface area contributed by atoms with Crippen molar-refractivity contribution in [2.24, 2.45) is 11.7 Å². The third-order valence-electron chi connectivity index (χ3n) is 7.10. The van der Waals surface area contributed by atoms with E-state index in [-0.39, 0.29) is 36.9 Å². The van der Waals surface area contributed by atoms with Crippen LogP contribution in [0.2, 0.25) is 0 Å². The highest BCUT2D eigenvalue weighted by atomic mass is 16.5. The van der Waals surface area contributed by atoms with Crippen molar-refractivity contribution in [1.29, 1.82) is 0 Å². The number of likely N-dealkylation sites (tertiary alicyclic amines) is 1. The van der Waals surface area contributed by atoms with E-state index in [1.807, 2.05) is 12.1 Å². The normalized spacial score (nSPS) is 14.3. The number of rotatable bonds is 11. The zero-order valence-electron chi connectivity index (χ0n) is 24.6. The molecule has 1 fully saturated rings. The number of carbonyl (C=O) groups is 4. The third kappa shape index (κ3) is 10.9. The van der Waals surface area contributed by atoms with Gasteiger partial charge in [-0.2, -0.15) is 0 Å². The van der Waals surface area contributed by atoms with Gasteiger partial charge in [-0.3, -0.25) is 19.3 Å². The molecule has 0 saturated carbocycles. The van der Waals surface area contributed by atoms with E-state index in [4.69, 9.17) is 30.3 Å². The van der Waals surface area contributed by atoms with Crippen molar-refractivity contribution in [2.45, 2.75) is 31.4 Å². The quantitative estimate of drug-likeness (QED) is 0.124. The Morgan fingerprint density at radius 2 is 1.48 bits per heavy atom. The first kappa shape index (κ1) is 35.6. The van der Waals surface area contributed by atoms with Crippen molar-refractivity contribution in [3.05, 3.63) is 107 Å². The number of benzene rings is 3. The second-order valence-corrected chi connectivity index (χ2v) is 10.1. The lowest BCUT2D eigenvalue weighted by atomic mass is 9.85. The van der Waals surface area contributed by atoms with Crippen molar-refractivity contribution in [3.63, 3.8) is 0 Å². The summed E-state index contributed by atoms with van der Waals surface area (Å²) in [6.07, 6.45) is 2.50. The Balaban J connectivity index is 0.00000104. The second-order valence-electron chi connectivity index (χ2n) is 10.1. The van der Waals surface area contributed by atoms with Gasteiger partial charge in [0.05, 0.1) is 6.61 Å². The van der Waals surface area contributed by atoms with E-state index in [9.17, 15) is 14.7 Å². The smallest absolute Gasteiger partial charge is 0.347 e. The standard InChI is InChI=1S/C31H37N3O4.2CH2O2/c32-17-8-18-33-29(35)26-11-7-14-28(21-26)31(37,27-12-5-2-6-13-27)30(36)38-23-25-15-19-34(20-16-25)22-24-9-3-1-4-10-24;2*2-1-3/h1-7,9-14,21,25,37H,8,15-20,22-23,32H2,(H,33,35);2*1H,(H,2,3). The molecule has 0 radical (unpaired) electrons. The average Bonchev–Trinajstić information content (AvgIpc) is 3.05. The monoisotopic (exact) mass is 607 g/mol. The first-order valence-electron chi connectivity index (χ1n) is 14.3. The van der Waals surface area contributed by atoms with Crippen molar-refractivity contribution in [2.75, 3.05) is 32.8 Å². The Bertz CT molecular complexity index is 1280. The van der Waals surface area contributed by atoms with Gasteiger partial charge in [0.25, 0.3) is 18.9 Å². The molecule has 1 atom stereocenters. The van der Waals surface area contributed by atoms with E-state index in [1.54, 1.807) is 48.5 Å². The summed E-state index contributed by atoms with van der Waals surface area (Å²) in [5, 5.41) is 28.4. The highest BCUT2D eigenvalue weighted by molar-refractivity contribution is 5.95. The maximum absolute atomic E-state index is 13.5. The Hall–Kier alpha value is -4.58. The molecule has 4 rings (SSSR count).